The fourth-order valence-corrected chi connectivity index (χ4v) is 4.57. The number of carbonyl (C=O) groups is 1. The van der Waals surface area contributed by atoms with Gasteiger partial charge in [0, 0.05) is 12.2 Å². The lowest BCUT2D eigenvalue weighted by Gasteiger charge is -2.25. The molecule has 0 aromatic carbocycles. The van der Waals surface area contributed by atoms with Crippen LogP contribution in [-0.4, -0.2) is 36.2 Å². The van der Waals surface area contributed by atoms with Crippen molar-refractivity contribution in [2.24, 2.45) is 0 Å². The first-order chi connectivity index (χ1) is 12.9. The normalized spacial score (nSPS) is 15.8. The zero-order valence-electron chi connectivity index (χ0n) is 14.8. The smallest absolute Gasteiger partial charge is 0.245 e. The van der Waals surface area contributed by atoms with E-state index in [1.165, 1.54) is 31.0 Å². The molecule has 1 amide bonds. The average Bonchev–Trinajstić information content (AvgIpc) is 3.15. The van der Waals surface area contributed by atoms with Crippen LogP contribution in [0.2, 0.25) is 5.15 Å². The summed E-state index contributed by atoms with van der Waals surface area (Å²) in [6, 6.07) is 6.23. The highest BCUT2D eigenvalue weighted by Gasteiger charge is 2.29. The van der Waals surface area contributed by atoms with Gasteiger partial charge in [-0.25, -0.2) is 13.4 Å². The zero-order chi connectivity index (χ0) is 19.3. The molecule has 0 spiro atoms. The summed E-state index contributed by atoms with van der Waals surface area (Å²) >= 11 is 5.75. The van der Waals surface area contributed by atoms with E-state index in [-0.39, 0.29) is 35.1 Å². The molecule has 3 rings (SSSR count). The first-order valence-corrected chi connectivity index (χ1v) is 10.7. The van der Waals surface area contributed by atoms with E-state index in [2.05, 4.69) is 10.3 Å². The van der Waals surface area contributed by atoms with Gasteiger partial charge in [0.25, 0.3) is 0 Å². The third kappa shape index (κ3) is 5.31. The Labute approximate surface area is 163 Å². The lowest BCUT2D eigenvalue weighted by molar-refractivity contribution is -0.122. The Morgan fingerprint density at radius 1 is 1.26 bits per heavy atom. The number of furan rings is 1. The van der Waals surface area contributed by atoms with Crippen molar-refractivity contribution in [3.63, 3.8) is 0 Å². The van der Waals surface area contributed by atoms with Crippen LogP contribution in [0.5, 0.6) is 0 Å². The first-order valence-electron chi connectivity index (χ1n) is 8.88. The Hall–Kier alpha value is -1.90. The van der Waals surface area contributed by atoms with E-state index in [1.807, 2.05) is 0 Å². The topological polar surface area (TPSA) is 92.5 Å². The van der Waals surface area contributed by atoms with Gasteiger partial charge >= 0.3 is 0 Å². The molecule has 1 fully saturated rings. The number of sulfonamides is 1. The highest BCUT2D eigenvalue weighted by Crippen LogP contribution is 2.20. The van der Waals surface area contributed by atoms with Gasteiger partial charge in [0.15, 0.2) is 0 Å². The van der Waals surface area contributed by atoms with Gasteiger partial charge in [0.05, 0.1) is 19.4 Å². The molecule has 0 unspecified atom stereocenters. The summed E-state index contributed by atoms with van der Waals surface area (Å²) < 4.78 is 32.4. The second-order valence-electron chi connectivity index (χ2n) is 6.57. The summed E-state index contributed by atoms with van der Waals surface area (Å²) in [5.41, 5.74) is 0. The molecule has 2 aromatic rings. The van der Waals surface area contributed by atoms with Gasteiger partial charge < -0.3 is 9.73 Å². The minimum Gasteiger partial charge on any atom is -0.468 e. The minimum absolute atomic E-state index is 0.0241. The molecular weight excluding hydrogens is 390 g/mol. The lowest BCUT2D eigenvalue weighted by atomic mass is 9.95. The molecule has 9 heteroatoms. The van der Waals surface area contributed by atoms with E-state index < -0.39 is 10.0 Å². The molecule has 0 saturated heterocycles. The van der Waals surface area contributed by atoms with Crippen LogP contribution >= 0.6 is 11.6 Å². The third-order valence-electron chi connectivity index (χ3n) is 4.54. The molecular formula is C18H22ClN3O4S. The molecule has 0 bridgehead atoms. The summed E-state index contributed by atoms with van der Waals surface area (Å²) in [5.74, 6) is 0.130. The number of halogens is 1. The molecule has 0 radical (unpaired) electrons. The Balaban J connectivity index is 1.77. The number of pyridine rings is 1. The Morgan fingerprint density at radius 3 is 2.67 bits per heavy atom. The highest BCUT2D eigenvalue weighted by atomic mass is 35.5. The molecule has 27 heavy (non-hydrogen) atoms. The van der Waals surface area contributed by atoms with Gasteiger partial charge in [-0.1, -0.05) is 30.9 Å². The minimum atomic E-state index is -3.94. The number of carbonyl (C=O) groups excluding carboxylic acids is 1. The number of nitrogens with one attached hydrogen (secondary N) is 1. The SMILES string of the molecule is O=C(CN(Cc1ccco1)S(=O)(=O)c1ccc(Cl)nc1)NC1CCCCC1. The van der Waals surface area contributed by atoms with Crippen molar-refractivity contribution in [2.45, 2.75) is 49.6 Å². The van der Waals surface area contributed by atoms with E-state index in [0.717, 1.165) is 30.0 Å². The summed E-state index contributed by atoms with van der Waals surface area (Å²) in [6.45, 7) is -0.335. The Bertz CT molecular complexity index is 847. The van der Waals surface area contributed by atoms with E-state index in [4.69, 9.17) is 16.0 Å². The average molecular weight is 412 g/mol. The molecule has 1 saturated carbocycles. The van der Waals surface area contributed by atoms with Crippen molar-refractivity contribution in [1.82, 2.24) is 14.6 Å². The lowest BCUT2D eigenvalue weighted by Crippen LogP contribution is -2.44. The maximum absolute atomic E-state index is 13.0. The molecule has 1 aliphatic rings. The van der Waals surface area contributed by atoms with E-state index in [1.54, 1.807) is 12.1 Å². The Morgan fingerprint density at radius 2 is 2.04 bits per heavy atom. The monoisotopic (exact) mass is 411 g/mol. The van der Waals surface area contributed by atoms with Crippen molar-refractivity contribution in [3.05, 3.63) is 47.6 Å². The van der Waals surface area contributed by atoms with Crippen molar-refractivity contribution in [3.8, 4) is 0 Å². The molecule has 1 aliphatic carbocycles. The van der Waals surface area contributed by atoms with Crippen LogP contribution in [0.4, 0.5) is 0 Å². The molecule has 2 heterocycles. The van der Waals surface area contributed by atoms with Crippen LogP contribution in [-0.2, 0) is 21.4 Å². The van der Waals surface area contributed by atoms with E-state index in [0.29, 0.717) is 5.76 Å². The predicted molar refractivity (Wildman–Crippen MR) is 101 cm³/mol. The van der Waals surface area contributed by atoms with Crippen LogP contribution < -0.4 is 5.32 Å². The largest absolute Gasteiger partial charge is 0.468 e. The van der Waals surface area contributed by atoms with Crippen LogP contribution in [0.15, 0.2) is 46.0 Å². The molecule has 0 aliphatic heterocycles. The van der Waals surface area contributed by atoms with E-state index >= 15 is 0 Å². The fraction of sp³-hybridized carbons (Fsp3) is 0.444. The van der Waals surface area contributed by atoms with Crippen molar-refractivity contribution < 1.29 is 17.6 Å². The number of nitrogens with zero attached hydrogens (tertiary/aromatic N) is 2. The molecule has 7 nitrogen and oxygen atoms in total. The first kappa shape index (κ1) is 19.9. The van der Waals surface area contributed by atoms with Gasteiger partial charge in [-0.2, -0.15) is 4.31 Å². The highest BCUT2D eigenvalue weighted by molar-refractivity contribution is 7.89. The standard InChI is InChI=1S/C18H22ClN3O4S/c19-17-9-8-16(11-20-17)27(24,25)22(12-15-7-4-10-26-15)13-18(23)21-14-5-2-1-3-6-14/h4,7-11,14H,1-3,5-6,12-13H2,(H,21,23). The predicted octanol–water partition coefficient (Wildman–Crippen LogP) is 2.97. The molecule has 1 N–H and O–H groups in total. The second kappa shape index (κ2) is 8.86. The van der Waals surface area contributed by atoms with Gasteiger partial charge in [-0.3, -0.25) is 4.79 Å². The van der Waals surface area contributed by atoms with Gasteiger partial charge in [0.2, 0.25) is 15.9 Å². The number of hydrogen-bond donors (Lipinski definition) is 1. The third-order valence-corrected chi connectivity index (χ3v) is 6.54. The summed E-state index contributed by atoms with van der Waals surface area (Å²) in [7, 11) is -3.94. The summed E-state index contributed by atoms with van der Waals surface area (Å²) in [5, 5.41) is 3.15. The van der Waals surface area contributed by atoms with Crippen LogP contribution in [0, 0.1) is 0 Å². The molecule has 0 atom stereocenters. The van der Waals surface area contributed by atoms with Crippen LogP contribution in [0.25, 0.3) is 0 Å². The van der Waals surface area contributed by atoms with E-state index in [9.17, 15) is 13.2 Å². The number of hydrogen-bond acceptors (Lipinski definition) is 5. The van der Waals surface area contributed by atoms with Gasteiger partial charge in [-0.05, 0) is 37.1 Å². The number of aromatic nitrogens is 1. The van der Waals surface area contributed by atoms with Crippen LogP contribution in [0.1, 0.15) is 37.9 Å². The number of rotatable bonds is 7. The number of amides is 1. The summed E-state index contributed by atoms with van der Waals surface area (Å²) in [4.78, 5) is 16.3. The maximum atomic E-state index is 13.0. The Kier molecular flexibility index (Phi) is 6.51. The zero-order valence-corrected chi connectivity index (χ0v) is 16.4. The fourth-order valence-electron chi connectivity index (χ4n) is 3.15. The van der Waals surface area contributed by atoms with Crippen LogP contribution in [0.3, 0.4) is 0 Å². The van der Waals surface area contributed by atoms with Crippen molar-refractivity contribution >= 4 is 27.5 Å². The molecule has 146 valence electrons. The van der Waals surface area contributed by atoms with Gasteiger partial charge in [-0.15, -0.1) is 0 Å². The second-order valence-corrected chi connectivity index (χ2v) is 8.90. The summed E-state index contributed by atoms with van der Waals surface area (Å²) in [6.07, 6.45) is 7.84. The quantitative estimate of drug-likeness (QED) is 0.707. The maximum Gasteiger partial charge on any atom is 0.245 e. The molecule has 2 aromatic heterocycles. The van der Waals surface area contributed by atoms with Gasteiger partial charge in [0.1, 0.15) is 15.8 Å². The van der Waals surface area contributed by atoms with Crippen molar-refractivity contribution in [1.29, 1.82) is 0 Å². The van der Waals surface area contributed by atoms with Crippen molar-refractivity contribution in [2.75, 3.05) is 6.54 Å².